The first kappa shape index (κ1) is 25.8. The first-order valence-corrected chi connectivity index (χ1v) is 13.9. The summed E-state index contributed by atoms with van der Waals surface area (Å²) in [7, 11) is 0. The molecule has 0 spiro atoms. The molecule has 0 radical (unpaired) electrons. The lowest BCUT2D eigenvalue weighted by atomic mass is 9.95. The lowest BCUT2D eigenvalue weighted by molar-refractivity contribution is -0.139. The van der Waals surface area contributed by atoms with Crippen molar-refractivity contribution < 1.29 is 9.59 Å². The maximum absolute atomic E-state index is 13.4. The zero-order valence-corrected chi connectivity index (χ0v) is 22.1. The molecule has 1 fully saturated rings. The Morgan fingerprint density at radius 1 is 1.03 bits per heavy atom. The van der Waals surface area contributed by atoms with Crippen molar-refractivity contribution in [2.45, 2.75) is 76.8 Å². The highest BCUT2D eigenvalue weighted by atomic mass is 79.9. The van der Waals surface area contributed by atoms with Gasteiger partial charge in [0.15, 0.2) is 0 Å². The van der Waals surface area contributed by atoms with E-state index in [1.807, 2.05) is 19.1 Å². The molecule has 0 heterocycles. The molecule has 2 aromatic rings. The van der Waals surface area contributed by atoms with Crippen LogP contribution in [0.5, 0.6) is 0 Å². The molecule has 1 N–H and O–H groups in total. The third-order valence-electron chi connectivity index (χ3n) is 6.22. The van der Waals surface area contributed by atoms with E-state index in [0.717, 1.165) is 28.6 Å². The normalized spacial score (nSPS) is 15.1. The third-order valence-corrected chi connectivity index (χ3v) is 7.74. The second kappa shape index (κ2) is 13.2. The number of carbonyl (C=O) groups excluding carboxylic acids is 2. The molecule has 0 saturated heterocycles. The summed E-state index contributed by atoms with van der Waals surface area (Å²) in [5, 5.41) is 3.24. The zero-order chi connectivity index (χ0) is 23.6. The Morgan fingerprint density at radius 3 is 2.30 bits per heavy atom. The van der Waals surface area contributed by atoms with Gasteiger partial charge in [-0.3, -0.25) is 9.59 Å². The number of carbonyl (C=O) groups is 2. The van der Waals surface area contributed by atoms with Crippen LogP contribution in [0, 0.1) is 6.92 Å². The van der Waals surface area contributed by atoms with Crippen molar-refractivity contribution in [2.24, 2.45) is 0 Å². The van der Waals surface area contributed by atoms with E-state index in [4.69, 9.17) is 0 Å². The number of aryl methyl sites for hydroxylation is 1. The van der Waals surface area contributed by atoms with Crippen LogP contribution < -0.4 is 5.32 Å². The summed E-state index contributed by atoms with van der Waals surface area (Å²) in [6.07, 6.45) is 6.26. The Bertz CT molecular complexity index is 895. The van der Waals surface area contributed by atoms with Crippen molar-refractivity contribution >= 4 is 39.5 Å². The van der Waals surface area contributed by atoms with Crippen LogP contribution in [0.4, 0.5) is 0 Å². The standard InChI is InChI=1S/C27H35BrN2O2S/c1-3-25(27(32)29-24-7-5-4-6-8-24)30(17-21-11-9-20(2)10-12-21)26(31)19-33-18-22-13-15-23(28)16-14-22/h9-16,24-25H,3-8,17-19H2,1-2H3,(H,29,32)/t25-/m1/s1. The molecular formula is C27H35BrN2O2S. The van der Waals surface area contributed by atoms with Crippen molar-refractivity contribution in [1.82, 2.24) is 10.2 Å². The van der Waals surface area contributed by atoms with E-state index in [-0.39, 0.29) is 17.9 Å². The molecule has 1 aliphatic carbocycles. The van der Waals surface area contributed by atoms with E-state index in [2.05, 4.69) is 64.6 Å². The molecule has 0 bridgehead atoms. The molecule has 6 heteroatoms. The van der Waals surface area contributed by atoms with Crippen molar-refractivity contribution in [3.05, 3.63) is 69.7 Å². The minimum atomic E-state index is -0.450. The number of rotatable bonds is 10. The third kappa shape index (κ3) is 8.18. The number of nitrogens with one attached hydrogen (secondary N) is 1. The lowest BCUT2D eigenvalue weighted by Gasteiger charge is -2.32. The fraction of sp³-hybridized carbons (Fsp3) is 0.481. The minimum Gasteiger partial charge on any atom is -0.352 e. The summed E-state index contributed by atoms with van der Waals surface area (Å²) in [5.41, 5.74) is 3.42. The van der Waals surface area contributed by atoms with Crippen LogP contribution in [-0.4, -0.2) is 34.6 Å². The fourth-order valence-electron chi connectivity index (χ4n) is 4.27. The number of hydrogen-bond donors (Lipinski definition) is 1. The van der Waals surface area contributed by atoms with Crippen LogP contribution in [0.1, 0.15) is 62.1 Å². The topological polar surface area (TPSA) is 49.4 Å². The monoisotopic (exact) mass is 530 g/mol. The van der Waals surface area contributed by atoms with Crippen LogP contribution in [0.3, 0.4) is 0 Å². The molecule has 2 aromatic carbocycles. The summed E-state index contributed by atoms with van der Waals surface area (Å²) in [5.74, 6) is 1.13. The fourth-order valence-corrected chi connectivity index (χ4v) is 5.41. The van der Waals surface area contributed by atoms with E-state index in [0.29, 0.717) is 18.7 Å². The number of nitrogens with zero attached hydrogens (tertiary/aromatic N) is 1. The lowest BCUT2D eigenvalue weighted by Crippen LogP contribution is -2.52. The molecule has 3 rings (SSSR count). The molecule has 0 aliphatic heterocycles. The van der Waals surface area contributed by atoms with Crippen LogP contribution >= 0.6 is 27.7 Å². The minimum absolute atomic E-state index is 0.0113. The number of hydrogen-bond acceptors (Lipinski definition) is 3. The summed E-state index contributed by atoms with van der Waals surface area (Å²) < 4.78 is 1.05. The summed E-state index contributed by atoms with van der Waals surface area (Å²) >= 11 is 5.06. The second-order valence-electron chi connectivity index (χ2n) is 8.89. The van der Waals surface area contributed by atoms with Gasteiger partial charge in [-0.15, -0.1) is 11.8 Å². The van der Waals surface area contributed by atoms with Gasteiger partial charge in [-0.1, -0.05) is 84.1 Å². The van der Waals surface area contributed by atoms with E-state index in [1.165, 1.54) is 30.4 Å². The first-order chi connectivity index (χ1) is 16.0. The van der Waals surface area contributed by atoms with Crippen molar-refractivity contribution in [2.75, 3.05) is 5.75 Å². The Labute approximate surface area is 211 Å². The van der Waals surface area contributed by atoms with E-state index in [1.54, 1.807) is 16.7 Å². The molecule has 1 aliphatic rings. The number of thioether (sulfide) groups is 1. The van der Waals surface area contributed by atoms with E-state index < -0.39 is 6.04 Å². The van der Waals surface area contributed by atoms with Gasteiger partial charge >= 0.3 is 0 Å². The molecule has 0 aromatic heterocycles. The quantitative estimate of drug-likeness (QED) is 0.395. The smallest absolute Gasteiger partial charge is 0.243 e. The molecule has 1 atom stereocenters. The SMILES string of the molecule is CC[C@H](C(=O)NC1CCCCC1)N(Cc1ccc(C)cc1)C(=O)CSCc1ccc(Br)cc1. The van der Waals surface area contributed by atoms with Crippen molar-refractivity contribution in [3.63, 3.8) is 0 Å². The number of amides is 2. The van der Waals surface area contributed by atoms with Crippen molar-refractivity contribution in [1.29, 1.82) is 0 Å². The number of halogens is 1. The summed E-state index contributed by atoms with van der Waals surface area (Å²) in [4.78, 5) is 28.4. The average molecular weight is 532 g/mol. The Morgan fingerprint density at radius 2 is 1.67 bits per heavy atom. The molecule has 178 valence electrons. The largest absolute Gasteiger partial charge is 0.352 e. The number of benzene rings is 2. The summed E-state index contributed by atoms with van der Waals surface area (Å²) in [6, 6.07) is 16.2. The molecule has 2 amide bonds. The van der Waals surface area contributed by atoms with Gasteiger partial charge in [-0.05, 0) is 49.4 Å². The average Bonchev–Trinajstić information content (AvgIpc) is 2.82. The van der Waals surface area contributed by atoms with Gasteiger partial charge < -0.3 is 10.2 Å². The molecule has 33 heavy (non-hydrogen) atoms. The Kier molecular flexibility index (Phi) is 10.3. The highest BCUT2D eigenvalue weighted by Crippen LogP contribution is 2.21. The second-order valence-corrected chi connectivity index (χ2v) is 10.8. The van der Waals surface area contributed by atoms with Gasteiger partial charge in [0.05, 0.1) is 5.75 Å². The molecule has 0 unspecified atom stereocenters. The predicted molar refractivity (Wildman–Crippen MR) is 141 cm³/mol. The van der Waals surface area contributed by atoms with Crippen LogP contribution in [0.25, 0.3) is 0 Å². The zero-order valence-electron chi connectivity index (χ0n) is 19.7. The van der Waals surface area contributed by atoms with Crippen LogP contribution in [0.15, 0.2) is 53.0 Å². The van der Waals surface area contributed by atoms with Gasteiger partial charge in [0.25, 0.3) is 0 Å². The molecular weight excluding hydrogens is 496 g/mol. The Balaban J connectivity index is 1.68. The highest BCUT2D eigenvalue weighted by molar-refractivity contribution is 9.10. The van der Waals surface area contributed by atoms with Gasteiger partial charge in [-0.2, -0.15) is 0 Å². The van der Waals surface area contributed by atoms with Crippen LogP contribution in [-0.2, 0) is 21.9 Å². The first-order valence-electron chi connectivity index (χ1n) is 11.9. The highest BCUT2D eigenvalue weighted by Gasteiger charge is 2.30. The van der Waals surface area contributed by atoms with E-state index in [9.17, 15) is 9.59 Å². The van der Waals surface area contributed by atoms with Crippen molar-refractivity contribution in [3.8, 4) is 0 Å². The van der Waals surface area contributed by atoms with Gasteiger partial charge in [0.1, 0.15) is 6.04 Å². The summed E-state index contributed by atoms with van der Waals surface area (Å²) in [6.45, 7) is 4.50. The predicted octanol–water partition coefficient (Wildman–Crippen LogP) is 6.25. The maximum atomic E-state index is 13.4. The van der Waals surface area contributed by atoms with Gasteiger partial charge in [-0.25, -0.2) is 0 Å². The van der Waals surface area contributed by atoms with Crippen LogP contribution in [0.2, 0.25) is 0 Å². The maximum Gasteiger partial charge on any atom is 0.243 e. The van der Waals surface area contributed by atoms with Gasteiger partial charge in [0, 0.05) is 22.8 Å². The van der Waals surface area contributed by atoms with Gasteiger partial charge in [0.2, 0.25) is 11.8 Å². The molecule has 1 saturated carbocycles. The Hall–Kier alpha value is -1.79. The molecule has 4 nitrogen and oxygen atoms in total. The van der Waals surface area contributed by atoms with E-state index >= 15 is 0 Å².